The maximum Gasteiger partial charge on any atom is 0.123 e. The van der Waals surface area contributed by atoms with E-state index in [1.54, 1.807) is 6.07 Å². The van der Waals surface area contributed by atoms with Crippen molar-refractivity contribution in [2.24, 2.45) is 5.73 Å². The minimum absolute atomic E-state index is 0.206. The Hall–Kier alpha value is -1.68. The molecule has 19 heavy (non-hydrogen) atoms. The molecular weight excluding hydrogens is 241 g/mol. The Morgan fingerprint density at radius 3 is 2.74 bits per heavy atom. The Morgan fingerprint density at radius 1 is 1.32 bits per heavy atom. The summed E-state index contributed by atoms with van der Waals surface area (Å²) < 4.78 is 15.2. The fourth-order valence-corrected chi connectivity index (χ4v) is 2.21. The molecule has 1 heterocycles. The lowest BCUT2D eigenvalue weighted by atomic mass is 10.0. The summed E-state index contributed by atoms with van der Waals surface area (Å²) in [5.74, 6) is -0.244. The maximum atomic E-state index is 13.2. The minimum atomic E-state index is -0.244. The quantitative estimate of drug-likeness (QED) is 0.899. The zero-order valence-electron chi connectivity index (χ0n) is 11.4. The summed E-state index contributed by atoms with van der Waals surface area (Å²) in [4.78, 5) is 0. The van der Waals surface area contributed by atoms with Crippen LogP contribution in [0.3, 0.4) is 0 Å². The Bertz CT molecular complexity index is 548. The number of hydrogen-bond donors (Lipinski definition) is 1. The number of benzene rings is 1. The van der Waals surface area contributed by atoms with Gasteiger partial charge in [0.05, 0.1) is 5.69 Å². The lowest BCUT2D eigenvalue weighted by molar-refractivity contribution is 0.580. The molecule has 1 unspecified atom stereocenters. The van der Waals surface area contributed by atoms with Gasteiger partial charge in [-0.3, -0.25) is 4.68 Å². The number of rotatable bonds is 5. The van der Waals surface area contributed by atoms with Gasteiger partial charge in [-0.2, -0.15) is 5.10 Å². The SMILES string of the molecule is CCc1cc(CC(N)c2cccc(F)c2)n(CC)n1. The van der Waals surface area contributed by atoms with E-state index in [0.29, 0.717) is 6.42 Å². The topological polar surface area (TPSA) is 43.8 Å². The first-order chi connectivity index (χ1) is 9.13. The fourth-order valence-electron chi connectivity index (χ4n) is 2.21. The molecule has 0 amide bonds. The first kappa shape index (κ1) is 13.7. The molecule has 0 aliphatic rings. The summed E-state index contributed by atoms with van der Waals surface area (Å²) in [6.07, 6.45) is 1.58. The molecule has 2 N–H and O–H groups in total. The van der Waals surface area contributed by atoms with Gasteiger partial charge < -0.3 is 5.73 Å². The van der Waals surface area contributed by atoms with E-state index in [-0.39, 0.29) is 11.9 Å². The Labute approximate surface area is 113 Å². The van der Waals surface area contributed by atoms with E-state index in [1.807, 2.05) is 10.7 Å². The molecule has 0 spiro atoms. The number of halogens is 1. The normalized spacial score (nSPS) is 12.6. The van der Waals surface area contributed by atoms with E-state index in [4.69, 9.17) is 5.73 Å². The van der Waals surface area contributed by atoms with Crippen LogP contribution in [0.15, 0.2) is 30.3 Å². The van der Waals surface area contributed by atoms with Gasteiger partial charge in [0.1, 0.15) is 5.82 Å². The molecule has 0 aliphatic carbocycles. The van der Waals surface area contributed by atoms with Gasteiger partial charge >= 0.3 is 0 Å². The summed E-state index contributed by atoms with van der Waals surface area (Å²) in [6.45, 7) is 4.97. The number of nitrogens with zero attached hydrogens (tertiary/aromatic N) is 2. The van der Waals surface area contributed by atoms with Gasteiger partial charge in [-0.25, -0.2) is 4.39 Å². The van der Waals surface area contributed by atoms with Crippen LogP contribution < -0.4 is 5.73 Å². The van der Waals surface area contributed by atoms with Crippen molar-refractivity contribution in [3.63, 3.8) is 0 Å². The van der Waals surface area contributed by atoms with Gasteiger partial charge in [0.2, 0.25) is 0 Å². The molecule has 0 aliphatic heterocycles. The first-order valence-electron chi connectivity index (χ1n) is 6.70. The third-order valence-corrected chi connectivity index (χ3v) is 3.28. The average Bonchev–Trinajstić information content (AvgIpc) is 2.81. The highest BCUT2D eigenvalue weighted by Crippen LogP contribution is 2.18. The molecule has 102 valence electrons. The molecule has 2 aromatic rings. The molecule has 2 rings (SSSR count). The van der Waals surface area contributed by atoms with Crippen LogP contribution in [0.4, 0.5) is 4.39 Å². The smallest absolute Gasteiger partial charge is 0.123 e. The highest BCUT2D eigenvalue weighted by atomic mass is 19.1. The number of hydrogen-bond acceptors (Lipinski definition) is 2. The minimum Gasteiger partial charge on any atom is -0.324 e. The summed E-state index contributed by atoms with van der Waals surface area (Å²) in [5.41, 5.74) is 9.16. The van der Waals surface area contributed by atoms with Crippen molar-refractivity contribution < 1.29 is 4.39 Å². The van der Waals surface area contributed by atoms with Gasteiger partial charge in [0, 0.05) is 24.7 Å². The van der Waals surface area contributed by atoms with Crippen molar-refractivity contribution in [2.45, 2.75) is 39.3 Å². The second kappa shape index (κ2) is 5.97. The highest BCUT2D eigenvalue weighted by molar-refractivity contribution is 5.22. The molecule has 1 atom stereocenters. The van der Waals surface area contributed by atoms with Crippen molar-refractivity contribution in [3.05, 3.63) is 53.1 Å². The lowest BCUT2D eigenvalue weighted by Gasteiger charge is -2.13. The zero-order valence-corrected chi connectivity index (χ0v) is 11.4. The van der Waals surface area contributed by atoms with Crippen LogP contribution >= 0.6 is 0 Å². The third-order valence-electron chi connectivity index (χ3n) is 3.28. The predicted molar refractivity (Wildman–Crippen MR) is 74.3 cm³/mol. The highest BCUT2D eigenvalue weighted by Gasteiger charge is 2.12. The summed E-state index contributed by atoms with van der Waals surface area (Å²) in [7, 11) is 0. The van der Waals surface area contributed by atoms with Gasteiger partial charge in [-0.1, -0.05) is 19.1 Å². The van der Waals surface area contributed by atoms with Crippen molar-refractivity contribution in [3.8, 4) is 0 Å². The van der Waals surface area contributed by atoms with Gasteiger partial charge in [-0.05, 0) is 37.1 Å². The van der Waals surface area contributed by atoms with Crippen LogP contribution in [-0.2, 0) is 19.4 Å². The molecule has 3 nitrogen and oxygen atoms in total. The molecule has 0 radical (unpaired) electrons. The van der Waals surface area contributed by atoms with Crippen LogP contribution in [0.2, 0.25) is 0 Å². The van der Waals surface area contributed by atoms with Gasteiger partial charge in [0.25, 0.3) is 0 Å². The molecule has 0 bridgehead atoms. The number of aryl methyl sites for hydroxylation is 2. The van der Waals surface area contributed by atoms with Crippen molar-refractivity contribution in [1.29, 1.82) is 0 Å². The average molecular weight is 261 g/mol. The molecule has 0 saturated heterocycles. The second-order valence-electron chi connectivity index (χ2n) is 4.66. The number of nitrogens with two attached hydrogens (primary N) is 1. The van der Waals surface area contributed by atoms with Gasteiger partial charge in [-0.15, -0.1) is 0 Å². The van der Waals surface area contributed by atoms with Crippen molar-refractivity contribution >= 4 is 0 Å². The van der Waals surface area contributed by atoms with Crippen LogP contribution in [0.5, 0.6) is 0 Å². The second-order valence-corrected chi connectivity index (χ2v) is 4.66. The molecule has 0 fully saturated rings. The van der Waals surface area contributed by atoms with E-state index in [1.165, 1.54) is 12.1 Å². The largest absolute Gasteiger partial charge is 0.324 e. The van der Waals surface area contributed by atoms with Crippen LogP contribution in [0, 0.1) is 5.82 Å². The molecular formula is C15H20FN3. The first-order valence-corrected chi connectivity index (χ1v) is 6.70. The Morgan fingerprint density at radius 2 is 2.11 bits per heavy atom. The maximum absolute atomic E-state index is 13.2. The molecule has 1 aromatic carbocycles. The van der Waals surface area contributed by atoms with E-state index < -0.39 is 0 Å². The standard InChI is InChI=1S/C15H20FN3/c1-3-13-9-14(19(4-2)18-13)10-15(17)11-6-5-7-12(16)8-11/h5-9,15H,3-4,10,17H2,1-2H3. The van der Waals surface area contributed by atoms with E-state index in [2.05, 4.69) is 25.0 Å². The van der Waals surface area contributed by atoms with E-state index in [0.717, 1.165) is 29.9 Å². The van der Waals surface area contributed by atoms with Crippen molar-refractivity contribution in [1.82, 2.24) is 9.78 Å². The molecule has 1 aromatic heterocycles. The van der Waals surface area contributed by atoms with Crippen LogP contribution in [0.1, 0.15) is 36.8 Å². The van der Waals surface area contributed by atoms with E-state index >= 15 is 0 Å². The van der Waals surface area contributed by atoms with E-state index in [9.17, 15) is 4.39 Å². The summed E-state index contributed by atoms with van der Waals surface area (Å²) in [6, 6.07) is 8.37. The predicted octanol–water partition coefficient (Wildman–Crippen LogP) is 2.85. The Kier molecular flexibility index (Phi) is 4.32. The summed E-state index contributed by atoms with van der Waals surface area (Å²) in [5, 5.41) is 4.50. The molecule has 0 saturated carbocycles. The third kappa shape index (κ3) is 3.20. The Balaban J connectivity index is 2.18. The van der Waals surface area contributed by atoms with Crippen molar-refractivity contribution in [2.75, 3.05) is 0 Å². The number of aromatic nitrogens is 2. The monoisotopic (exact) mass is 261 g/mol. The van der Waals surface area contributed by atoms with Crippen LogP contribution in [0.25, 0.3) is 0 Å². The lowest BCUT2D eigenvalue weighted by Crippen LogP contribution is -2.16. The summed E-state index contributed by atoms with van der Waals surface area (Å²) >= 11 is 0. The van der Waals surface area contributed by atoms with Gasteiger partial charge in [0.15, 0.2) is 0 Å². The fraction of sp³-hybridized carbons (Fsp3) is 0.400. The molecule has 4 heteroatoms. The zero-order chi connectivity index (χ0) is 13.8. The van der Waals surface area contributed by atoms with Crippen LogP contribution in [-0.4, -0.2) is 9.78 Å².